The van der Waals surface area contributed by atoms with Crippen molar-refractivity contribution in [3.8, 4) is 23.2 Å². The van der Waals surface area contributed by atoms with Crippen molar-refractivity contribution in [1.82, 2.24) is 15.0 Å². The molecule has 0 spiro atoms. The molecule has 0 saturated carbocycles. The quantitative estimate of drug-likeness (QED) is 0.476. The summed E-state index contributed by atoms with van der Waals surface area (Å²) in [6.45, 7) is 2.43. The Bertz CT molecular complexity index is 1230. The fraction of sp³-hybridized carbons (Fsp3) is 0.143. The number of aryl methyl sites for hydroxylation is 1. The van der Waals surface area contributed by atoms with Crippen molar-refractivity contribution >= 4 is 39.0 Å². The third-order valence-electron chi connectivity index (χ3n) is 4.49. The van der Waals surface area contributed by atoms with Gasteiger partial charge < -0.3 is 10.1 Å². The van der Waals surface area contributed by atoms with Gasteiger partial charge >= 0.3 is 0 Å². The molecular weight excluding hydrogens is 406 g/mol. The van der Waals surface area contributed by atoms with Gasteiger partial charge in [0.25, 0.3) is 0 Å². The highest BCUT2D eigenvalue weighted by Gasteiger charge is 2.17. The lowest BCUT2D eigenvalue weighted by molar-refractivity contribution is 0.415. The van der Waals surface area contributed by atoms with E-state index in [1.54, 1.807) is 19.5 Å². The van der Waals surface area contributed by atoms with E-state index in [0.29, 0.717) is 33.8 Å². The Morgan fingerprint density at radius 3 is 2.83 bits per heavy atom. The Kier molecular flexibility index (Phi) is 5.30. The Balaban J connectivity index is 1.76. The van der Waals surface area contributed by atoms with Crippen LogP contribution in [-0.2, 0) is 6.54 Å². The van der Waals surface area contributed by atoms with Crippen LogP contribution in [0.2, 0.25) is 5.02 Å². The number of thiophene rings is 1. The van der Waals surface area contributed by atoms with Crippen LogP contribution >= 0.6 is 22.9 Å². The monoisotopic (exact) mass is 421 g/mol. The van der Waals surface area contributed by atoms with Gasteiger partial charge in [0, 0.05) is 24.5 Å². The first-order valence-electron chi connectivity index (χ1n) is 8.78. The Morgan fingerprint density at radius 1 is 1.28 bits per heavy atom. The first-order chi connectivity index (χ1) is 14.1. The molecule has 0 saturated heterocycles. The van der Waals surface area contributed by atoms with Crippen molar-refractivity contribution in [2.75, 3.05) is 12.4 Å². The summed E-state index contributed by atoms with van der Waals surface area (Å²) in [6, 6.07) is 11.6. The fourth-order valence-electron chi connectivity index (χ4n) is 3.00. The first-order valence-corrected chi connectivity index (χ1v) is 9.98. The standard InChI is InChI=1S/C21H16ClN5OS/c1-12-17(9-23)29-21-18(12)20(26-19(27-21)14-4-3-7-24-11-14)25-10-13-5-6-16(28-2)15(22)8-13/h3-8,11H,10H2,1-2H3,(H,25,26,27). The Labute approximate surface area is 176 Å². The van der Waals surface area contributed by atoms with Crippen LogP contribution in [0.3, 0.4) is 0 Å². The van der Waals surface area contributed by atoms with E-state index in [1.165, 1.54) is 11.3 Å². The van der Waals surface area contributed by atoms with Gasteiger partial charge in [0.2, 0.25) is 0 Å². The van der Waals surface area contributed by atoms with Gasteiger partial charge in [-0.05, 0) is 42.3 Å². The number of aromatic nitrogens is 3. The average molecular weight is 422 g/mol. The number of rotatable bonds is 5. The lowest BCUT2D eigenvalue weighted by Gasteiger charge is -2.11. The molecule has 4 rings (SSSR count). The number of nitrogens with zero attached hydrogens (tertiary/aromatic N) is 4. The van der Waals surface area contributed by atoms with Gasteiger partial charge in [-0.2, -0.15) is 5.26 Å². The van der Waals surface area contributed by atoms with Crippen LogP contribution < -0.4 is 10.1 Å². The zero-order valence-corrected chi connectivity index (χ0v) is 17.3. The molecule has 0 aliphatic carbocycles. The van der Waals surface area contributed by atoms with E-state index in [4.69, 9.17) is 21.3 Å². The highest BCUT2D eigenvalue weighted by Crippen LogP contribution is 2.35. The van der Waals surface area contributed by atoms with E-state index in [9.17, 15) is 5.26 Å². The number of methoxy groups -OCH3 is 1. The lowest BCUT2D eigenvalue weighted by atomic mass is 10.2. The summed E-state index contributed by atoms with van der Waals surface area (Å²) in [6.07, 6.45) is 3.43. The van der Waals surface area contributed by atoms with Crippen LogP contribution in [0.25, 0.3) is 21.6 Å². The van der Waals surface area contributed by atoms with Crippen LogP contribution in [0.4, 0.5) is 5.82 Å². The van der Waals surface area contributed by atoms with E-state index in [0.717, 1.165) is 26.9 Å². The maximum atomic E-state index is 9.44. The van der Waals surface area contributed by atoms with Crippen LogP contribution in [0.15, 0.2) is 42.7 Å². The van der Waals surface area contributed by atoms with Crippen molar-refractivity contribution in [1.29, 1.82) is 5.26 Å². The summed E-state index contributed by atoms with van der Waals surface area (Å²) in [4.78, 5) is 14.9. The van der Waals surface area contributed by atoms with Gasteiger partial charge in [-0.1, -0.05) is 17.7 Å². The second kappa shape index (κ2) is 8.03. The van der Waals surface area contributed by atoms with Crippen LogP contribution in [0.5, 0.6) is 5.75 Å². The summed E-state index contributed by atoms with van der Waals surface area (Å²) in [5, 5.41) is 14.2. The van der Waals surface area contributed by atoms with E-state index in [-0.39, 0.29) is 0 Å². The van der Waals surface area contributed by atoms with Crippen LogP contribution in [0, 0.1) is 18.3 Å². The fourth-order valence-corrected chi connectivity index (χ4v) is 4.26. The largest absolute Gasteiger partial charge is 0.495 e. The smallest absolute Gasteiger partial charge is 0.164 e. The minimum atomic E-state index is 0.513. The van der Waals surface area contributed by atoms with Crippen molar-refractivity contribution < 1.29 is 4.74 Å². The lowest BCUT2D eigenvalue weighted by Crippen LogP contribution is -2.04. The zero-order valence-electron chi connectivity index (χ0n) is 15.7. The number of nitriles is 1. The molecule has 1 aromatic carbocycles. The number of hydrogen-bond donors (Lipinski definition) is 1. The number of fused-ring (bicyclic) bond motifs is 1. The number of nitrogens with one attached hydrogen (secondary N) is 1. The molecule has 0 radical (unpaired) electrons. The molecule has 0 unspecified atom stereocenters. The van der Waals surface area contributed by atoms with E-state index < -0.39 is 0 Å². The molecule has 0 atom stereocenters. The topological polar surface area (TPSA) is 83.7 Å². The number of benzene rings is 1. The minimum absolute atomic E-state index is 0.513. The van der Waals surface area contributed by atoms with Gasteiger partial charge in [0.15, 0.2) is 5.82 Å². The van der Waals surface area contributed by atoms with E-state index in [2.05, 4.69) is 21.4 Å². The number of pyridine rings is 1. The molecular formula is C21H16ClN5OS. The minimum Gasteiger partial charge on any atom is -0.495 e. The number of hydrogen-bond acceptors (Lipinski definition) is 7. The molecule has 29 heavy (non-hydrogen) atoms. The van der Waals surface area contributed by atoms with Crippen LogP contribution in [0.1, 0.15) is 16.0 Å². The third-order valence-corrected chi connectivity index (χ3v) is 5.87. The molecule has 3 heterocycles. The highest BCUT2D eigenvalue weighted by atomic mass is 35.5. The molecule has 0 amide bonds. The van der Waals surface area contributed by atoms with Crippen LogP contribution in [-0.4, -0.2) is 22.1 Å². The third kappa shape index (κ3) is 3.73. The normalized spacial score (nSPS) is 10.7. The second-order valence-electron chi connectivity index (χ2n) is 6.31. The summed E-state index contributed by atoms with van der Waals surface area (Å²) in [5.41, 5.74) is 2.67. The maximum Gasteiger partial charge on any atom is 0.164 e. The Morgan fingerprint density at radius 2 is 2.14 bits per heavy atom. The summed E-state index contributed by atoms with van der Waals surface area (Å²) in [5.74, 6) is 1.87. The predicted octanol–water partition coefficient (Wildman–Crippen LogP) is 5.21. The number of ether oxygens (including phenoxy) is 1. The molecule has 0 aliphatic rings. The molecule has 0 fully saturated rings. The highest BCUT2D eigenvalue weighted by molar-refractivity contribution is 7.19. The summed E-state index contributed by atoms with van der Waals surface area (Å²) < 4.78 is 5.21. The summed E-state index contributed by atoms with van der Waals surface area (Å²) in [7, 11) is 1.59. The molecule has 144 valence electrons. The number of anilines is 1. The Hall–Kier alpha value is -3.21. The molecule has 3 aromatic heterocycles. The average Bonchev–Trinajstić information content (AvgIpc) is 3.08. The van der Waals surface area contributed by atoms with Gasteiger partial charge in [-0.3, -0.25) is 4.98 Å². The SMILES string of the molecule is COc1ccc(CNc2nc(-c3cccnc3)nc3sc(C#N)c(C)c23)cc1Cl. The van der Waals surface area contributed by atoms with Gasteiger partial charge in [-0.25, -0.2) is 9.97 Å². The second-order valence-corrected chi connectivity index (χ2v) is 7.71. The predicted molar refractivity (Wildman–Crippen MR) is 115 cm³/mol. The van der Waals surface area contributed by atoms with E-state index >= 15 is 0 Å². The maximum absolute atomic E-state index is 9.44. The van der Waals surface area contributed by atoms with Gasteiger partial charge in [0.1, 0.15) is 27.3 Å². The van der Waals surface area contributed by atoms with E-state index in [1.807, 2.05) is 37.3 Å². The molecule has 1 N–H and O–H groups in total. The summed E-state index contributed by atoms with van der Waals surface area (Å²) >= 11 is 7.60. The van der Waals surface area contributed by atoms with Gasteiger partial charge in [0.05, 0.1) is 17.5 Å². The molecule has 0 aliphatic heterocycles. The zero-order chi connectivity index (χ0) is 20.4. The molecule has 8 heteroatoms. The molecule has 4 aromatic rings. The number of halogens is 1. The van der Waals surface area contributed by atoms with Crippen molar-refractivity contribution in [3.63, 3.8) is 0 Å². The molecule has 0 bridgehead atoms. The van der Waals surface area contributed by atoms with Crippen molar-refractivity contribution in [3.05, 3.63) is 63.8 Å². The van der Waals surface area contributed by atoms with Crippen molar-refractivity contribution in [2.24, 2.45) is 0 Å². The molecule has 6 nitrogen and oxygen atoms in total. The van der Waals surface area contributed by atoms with Gasteiger partial charge in [-0.15, -0.1) is 11.3 Å². The first kappa shape index (κ1) is 19.1. The van der Waals surface area contributed by atoms with Crippen molar-refractivity contribution in [2.45, 2.75) is 13.5 Å².